The molecule has 0 aromatic heterocycles. The summed E-state index contributed by atoms with van der Waals surface area (Å²) in [6.45, 7) is 1.55. The van der Waals surface area contributed by atoms with Crippen LogP contribution >= 0.6 is 0 Å². The van der Waals surface area contributed by atoms with Gasteiger partial charge in [0.1, 0.15) is 22.6 Å². The second kappa shape index (κ2) is 9.02. The Bertz CT molecular complexity index is 1040. The molecule has 2 aliphatic heterocycles. The van der Waals surface area contributed by atoms with Crippen molar-refractivity contribution >= 4 is 15.9 Å². The molecule has 1 amide bonds. The van der Waals surface area contributed by atoms with E-state index in [-0.39, 0.29) is 41.7 Å². The Hall–Kier alpha value is -2.36. The zero-order chi connectivity index (χ0) is 22.0. The predicted molar refractivity (Wildman–Crippen MR) is 110 cm³/mol. The van der Waals surface area contributed by atoms with Gasteiger partial charge < -0.3 is 9.64 Å². The molecule has 31 heavy (non-hydrogen) atoms. The van der Waals surface area contributed by atoms with Crippen LogP contribution in [-0.4, -0.2) is 56.3 Å². The first-order chi connectivity index (χ1) is 14.9. The number of morpholine rings is 1. The number of rotatable bonds is 4. The number of hydrogen-bond acceptors (Lipinski definition) is 4. The van der Waals surface area contributed by atoms with Gasteiger partial charge in [-0.1, -0.05) is 24.3 Å². The average molecular weight is 451 g/mol. The van der Waals surface area contributed by atoms with Crippen molar-refractivity contribution in [1.82, 2.24) is 9.21 Å². The summed E-state index contributed by atoms with van der Waals surface area (Å²) in [5.74, 6) is -1.43. The molecule has 0 N–H and O–H groups in total. The molecule has 4 rings (SSSR count). The minimum absolute atomic E-state index is 0.0293. The van der Waals surface area contributed by atoms with Gasteiger partial charge in [-0.15, -0.1) is 0 Å². The summed E-state index contributed by atoms with van der Waals surface area (Å²) in [4.78, 5) is 14.4. The van der Waals surface area contributed by atoms with E-state index >= 15 is 0 Å². The molecule has 0 aliphatic carbocycles. The van der Waals surface area contributed by atoms with Crippen molar-refractivity contribution in [2.45, 2.75) is 23.8 Å². The number of hydrogen-bond donors (Lipinski definition) is 0. The zero-order valence-electron chi connectivity index (χ0n) is 16.9. The van der Waals surface area contributed by atoms with Crippen molar-refractivity contribution in [2.24, 2.45) is 5.92 Å². The molecule has 0 spiro atoms. The van der Waals surface area contributed by atoms with Crippen LogP contribution in [0.2, 0.25) is 0 Å². The summed E-state index contributed by atoms with van der Waals surface area (Å²) in [5.41, 5.74) is 0.810. The molecule has 9 heteroatoms. The van der Waals surface area contributed by atoms with Crippen LogP contribution in [0.5, 0.6) is 0 Å². The fourth-order valence-electron chi connectivity index (χ4n) is 4.12. The summed E-state index contributed by atoms with van der Waals surface area (Å²) in [5, 5.41) is 0. The molecule has 166 valence electrons. The summed E-state index contributed by atoms with van der Waals surface area (Å²) < 4.78 is 59.7. The van der Waals surface area contributed by atoms with Crippen molar-refractivity contribution in [3.63, 3.8) is 0 Å². The second-order valence-corrected chi connectivity index (χ2v) is 9.71. The normalized spacial score (nSPS) is 21.2. The third kappa shape index (κ3) is 4.63. The van der Waals surface area contributed by atoms with Gasteiger partial charge >= 0.3 is 0 Å². The summed E-state index contributed by atoms with van der Waals surface area (Å²) in [6, 6.07) is 11.4. The molecular formula is C22H24F2N2O4S. The lowest BCUT2D eigenvalue weighted by Gasteiger charge is -2.37. The Labute approximate surface area is 180 Å². The average Bonchev–Trinajstić information content (AvgIpc) is 2.79. The summed E-state index contributed by atoms with van der Waals surface area (Å²) >= 11 is 0. The standard InChI is InChI=1S/C22H24F2N2O4S/c23-18-7-5-16(6-8-18)20-15-25(13-14-30-20)22(27)17-9-11-26(12-10-17)31(28,29)21-4-2-1-3-19(21)24/h1-8,17,20H,9-15H2. The number of sulfonamides is 1. The van der Waals surface area contributed by atoms with E-state index in [9.17, 15) is 22.0 Å². The molecule has 0 bridgehead atoms. The Morgan fingerprint density at radius 1 is 0.968 bits per heavy atom. The van der Waals surface area contributed by atoms with Crippen LogP contribution < -0.4 is 0 Å². The molecule has 1 atom stereocenters. The number of benzene rings is 2. The Morgan fingerprint density at radius 3 is 2.32 bits per heavy atom. The van der Waals surface area contributed by atoms with E-state index in [4.69, 9.17) is 4.74 Å². The van der Waals surface area contributed by atoms with Crippen LogP contribution in [-0.2, 0) is 19.6 Å². The Morgan fingerprint density at radius 2 is 1.65 bits per heavy atom. The number of amides is 1. The Kier molecular flexibility index (Phi) is 6.36. The van der Waals surface area contributed by atoms with Crippen LogP contribution in [0, 0.1) is 17.6 Å². The highest BCUT2D eigenvalue weighted by molar-refractivity contribution is 7.89. The van der Waals surface area contributed by atoms with Crippen molar-refractivity contribution in [2.75, 3.05) is 32.8 Å². The van der Waals surface area contributed by atoms with E-state index in [0.717, 1.165) is 11.6 Å². The van der Waals surface area contributed by atoms with Crippen molar-refractivity contribution < 1.29 is 26.7 Å². The van der Waals surface area contributed by atoms with Gasteiger partial charge in [0.25, 0.3) is 0 Å². The van der Waals surface area contributed by atoms with Crippen LogP contribution in [0.15, 0.2) is 53.4 Å². The molecule has 1 unspecified atom stereocenters. The molecule has 2 aliphatic rings. The predicted octanol–water partition coefficient (Wildman–Crippen LogP) is 2.97. The van der Waals surface area contributed by atoms with Crippen LogP contribution in [0.25, 0.3) is 0 Å². The third-order valence-corrected chi connectivity index (χ3v) is 7.81. The lowest BCUT2D eigenvalue weighted by Crippen LogP contribution is -2.48. The van der Waals surface area contributed by atoms with E-state index in [1.807, 2.05) is 0 Å². The first-order valence-corrected chi connectivity index (χ1v) is 11.7. The number of halogens is 2. The molecule has 2 heterocycles. The fraction of sp³-hybridized carbons (Fsp3) is 0.409. The minimum atomic E-state index is -3.93. The zero-order valence-corrected chi connectivity index (χ0v) is 17.7. The quantitative estimate of drug-likeness (QED) is 0.719. The van der Waals surface area contributed by atoms with E-state index in [0.29, 0.717) is 32.5 Å². The maximum atomic E-state index is 14.0. The molecule has 2 fully saturated rings. The number of piperidine rings is 1. The molecule has 6 nitrogen and oxygen atoms in total. The van der Waals surface area contributed by atoms with Gasteiger partial charge in [-0.25, -0.2) is 17.2 Å². The van der Waals surface area contributed by atoms with Gasteiger partial charge in [0, 0.05) is 25.6 Å². The van der Waals surface area contributed by atoms with Gasteiger partial charge in [0.05, 0.1) is 13.2 Å². The van der Waals surface area contributed by atoms with Crippen molar-refractivity contribution in [3.8, 4) is 0 Å². The molecule has 0 saturated carbocycles. The van der Waals surface area contributed by atoms with E-state index in [1.165, 1.54) is 34.6 Å². The third-order valence-electron chi connectivity index (χ3n) is 5.88. The highest BCUT2D eigenvalue weighted by Gasteiger charge is 2.36. The minimum Gasteiger partial charge on any atom is -0.370 e. The SMILES string of the molecule is O=C(C1CCN(S(=O)(=O)c2ccccc2F)CC1)N1CCOC(c2ccc(F)cc2)C1. The molecule has 2 saturated heterocycles. The van der Waals surface area contributed by atoms with E-state index in [1.54, 1.807) is 17.0 Å². The molecule has 2 aromatic carbocycles. The first-order valence-electron chi connectivity index (χ1n) is 10.3. The van der Waals surface area contributed by atoms with E-state index < -0.39 is 15.8 Å². The molecule has 0 radical (unpaired) electrons. The van der Waals surface area contributed by atoms with Crippen LogP contribution in [0.4, 0.5) is 8.78 Å². The van der Waals surface area contributed by atoms with Crippen molar-refractivity contribution in [1.29, 1.82) is 0 Å². The monoisotopic (exact) mass is 450 g/mol. The summed E-state index contributed by atoms with van der Waals surface area (Å²) in [7, 11) is -3.93. The molecular weight excluding hydrogens is 426 g/mol. The Balaban J connectivity index is 1.38. The van der Waals surface area contributed by atoms with Crippen LogP contribution in [0.3, 0.4) is 0 Å². The number of carbonyl (C=O) groups is 1. The van der Waals surface area contributed by atoms with Gasteiger partial charge in [-0.2, -0.15) is 4.31 Å². The fourth-order valence-corrected chi connectivity index (χ4v) is 5.66. The number of carbonyl (C=O) groups excluding carboxylic acids is 1. The number of ether oxygens (including phenoxy) is 1. The van der Waals surface area contributed by atoms with Gasteiger partial charge in [-0.05, 0) is 42.7 Å². The lowest BCUT2D eigenvalue weighted by atomic mass is 9.96. The highest BCUT2D eigenvalue weighted by atomic mass is 32.2. The largest absolute Gasteiger partial charge is 0.370 e. The van der Waals surface area contributed by atoms with Gasteiger partial charge in [0.15, 0.2) is 0 Å². The van der Waals surface area contributed by atoms with Crippen LogP contribution in [0.1, 0.15) is 24.5 Å². The number of nitrogens with zero attached hydrogens (tertiary/aromatic N) is 2. The lowest BCUT2D eigenvalue weighted by molar-refractivity contribution is -0.144. The van der Waals surface area contributed by atoms with Gasteiger partial charge in [-0.3, -0.25) is 4.79 Å². The highest BCUT2D eigenvalue weighted by Crippen LogP contribution is 2.28. The summed E-state index contributed by atoms with van der Waals surface area (Å²) in [6.07, 6.45) is 0.440. The van der Waals surface area contributed by atoms with Gasteiger partial charge in [0.2, 0.25) is 15.9 Å². The maximum Gasteiger partial charge on any atom is 0.245 e. The topological polar surface area (TPSA) is 66.9 Å². The van der Waals surface area contributed by atoms with Crippen molar-refractivity contribution in [3.05, 3.63) is 65.7 Å². The van der Waals surface area contributed by atoms with E-state index in [2.05, 4.69) is 0 Å². The molecule has 2 aromatic rings. The second-order valence-electron chi connectivity index (χ2n) is 7.80. The smallest absolute Gasteiger partial charge is 0.245 e. The maximum absolute atomic E-state index is 14.0. The first kappa shape index (κ1) is 21.9.